The van der Waals surface area contributed by atoms with Gasteiger partial charge in [-0.15, -0.1) is 0 Å². The van der Waals surface area contributed by atoms with Gasteiger partial charge in [-0.05, 0) is 35.2 Å². The van der Waals surface area contributed by atoms with E-state index in [1.807, 2.05) is 27.8 Å². The number of rotatable bonds is 6. The van der Waals surface area contributed by atoms with Gasteiger partial charge in [0.1, 0.15) is 6.04 Å². The largest absolute Gasteiger partial charge is 0.480 e. The Balaban J connectivity index is 2.70. The van der Waals surface area contributed by atoms with Gasteiger partial charge in [0.25, 0.3) is 0 Å². The second-order valence-corrected chi connectivity index (χ2v) is 5.66. The third-order valence-corrected chi connectivity index (χ3v) is 3.81. The molecule has 0 aromatic carbocycles. The minimum absolute atomic E-state index is 0.343. The van der Waals surface area contributed by atoms with Crippen LogP contribution in [0.15, 0.2) is 4.47 Å². The van der Waals surface area contributed by atoms with Crippen LogP contribution in [0, 0.1) is 12.8 Å². The summed E-state index contributed by atoms with van der Waals surface area (Å²) >= 11 is 3.47. The number of carboxylic acids is 1. The Labute approximate surface area is 116 Å². The van der Waals surface area contributed by atoms with E-state index in [2.05, 4.69) is 26.3 Å². The monoisotopic (exact) mass is 317 g/mol. The lowest BCUT2D eigenvalue weighted by molar-refractivity contribution is -0.140. The third kappa shape index (κ3) is 3.81. The van der Waals surface area contributed by atoms with E-state index < -0.39 is 12.0 Å². The van der Waals surface area contributed by atoms with Crippen molar-refractivity contribution in [1.82, 2.24) is 15.1 Å². The average Bonchev–Trinajstić information content (AvgIpc) is 2.48. The molecule has 0 aliphatic heterocycles. The molecule has 0 aliphatic carbocycles. The van der Waals surface area contributed by atoms with Gasteiger partial charge in [0.2, 0.25) is 0 Å². The minimum Gasteiger partial charge on any atom is -0.480 e. The number of nitrogens with zero attached hydrogens (tertiary/aromatic N) is 2. The van der Waals surface area contributed by atoms with Gasteiger partial charge in [-0.3, -0.25) is 14.8 Å². The Kier molecular flexibility index (Phi) is 5.34. The fourth-order valence-electron chi connectivity index (χ4n) is 1.83. The number of hydrogen-bond donors (Lipinski definition) is 2. The molecular formula is C12H20BrN3O2. The molecule has 1 heterocycles. The molecule has 0 radical (unpaired) electrons. The van der Waals surface area contributed by atoms with Crippen LogP contribution in [-0.4, -0.2) is 26.9 Å². The van der Waals surface area contributed by atoms with Crippen molar-refractivity contribution >= 4 is 21.9 Å². The molecule has 102 valence electrons. The van der Waals surface area contributed by atoms with E-state index in [0.717, 1.165) is 15.9 Å². The molecule has 18 heavy (non-hydrogen) atoms. The van der Waals surface area contributed by atoms with E-state index in [-0.39, 0.29) is 0 Å². The van der Waals surface area contributed by atoms with Crippen LogP contribution < -0.4 is 5.32 Å². The van der Waals surface area contributed by atoms with Crippen LogP contribution in [0.1, 0.15) is 31.7 Å². The van der Waals surface area contributed by atoms with E-state index >= 15 is 0 Å². The normalized spacial score (nSPS) is 13.0. The maximum atomic E-state index is 11.1. The quantitative estimate of drug-likeness (QED) is 0.843. The molecule has 1 aromatic rings. The second kappa shape index (κ2) is 6.33. The molecule has 5 nitrogen and oxygen atoms in total. The Morgan fingerprint density at radius 2 is 2.17 bits per heavy atom. The first-order valence-corrected chi connectivity index (χ1v) is 6.76. The maximum absolute atomic E-state index is 11.1. The minimum atomic E-state index is -0.807. The highest BCUT2D eigenvalue weighted by atomic mass is 79.9. The molecule has 0 amide bonds. The van der Waals surface area contributed by atoms with E-state index in [1.165, 1.54) is 0 Å². The van der Waals surface area contributed by atoms with E-state index in [0.29, 0.717) is 18.9 Å². The number of halogens is 1. The van der Waals surface area contributed by atoms with Gasteiger partial charge in [-0.25, -0.2) is 0 Å². The van der Waals surface area contributed by atoms with Crippen molar-refractivity contribution in [2.75, 3.05) is 0 Å². The smallest absolute Gasteiger partial charge is 0.320 e. The number of aliphatic carboxylic acids is 1. The molecule has 0 spiro atoms. The summed E-state index contributed by atoms with van der Waals surface area (Å²) in [5.74, 6) is -0.464. The molecule has 0 saturated heterocycles. The molecule has 6 heteroatoms. The molecule has 1 rings (SSSR count). The van der Waals surface area contributed by atoms with Crippen molar-refractivity contribution < 1.29 is 9.90 Å². The summed E-state index contributed by atoms with van der Waals surface area (Å²) in [6, 6.07) is -0.521. The fourth-order valence-corrected chi connectivity index (χ4v) is 2.31. The zero-order valence-corrected chi connectivity index (χ0v) is 12.8. The molecule has 1 atom stereocenters. The lowest BCUT2D eigenvalue weighted by Gasteiger charge is -2.16. The summed E-state index contributed by atoms with van der Waals surface area (Å²) in [6.45, 7) is 6.43. The summed E-state index contributed by atoms with van der Waals surface area (Å²) < 4.78 is 2.70. The van der Waals surface area contributed by atoms with E-state index in [9.17, 15) is 4.79 Å². The van der Waals surface area contributed by atoms with Crippen LogP contribution in [0.3, 0.4) is 0 Å². The number of hydrogen-bond acceptors (Lipinski definition) is 3. The van der Waals surface area contributed by atoms with Crippen LogP contribution in [0.2, 0.25) is 0 Å². The van der Waals surface area contributed by atoms with Gasteiger partial charge in [0.05, 0.1) is 15.9 Å². The summed E-state index contributed by atoms with van der Waals surface area (Å²) in [5.41, 5.74) is 1.87. The Bertz CT molecular complexity index is 429. The Morgan fingerprint density at radius 3 is 2.56 bits per heavy atom. The highest BCUT2D eigenvalue weighted by molar-refractivity contribution is 9.10. The first kappa shape index (κ1) is 15.2. The summed E-state index contributed by atoms with van der Waals surface area (Å²) in [4.78, 5) is 11.1. The van der Waals surface area contributed by atoms with Gasteiger partial charge in [0.15, 0.2) is 0 Å². The van der Waals surface area contributed by atoms with Crippen molar-refractivity contribution in [2.45, 2.75) is 39.8 Å². The predicted octanol–water partition coefficient (Wildman–Crippen LogP) is 2.08. The van der Waals surface area contributed by atoms with Crippen LogP contribution in [0.25, 0.3) is 0 Å². The number of carboxylic acid groups (broad SMARTS) is 1. The molecule has 1 unspecified atom stereocenters. The van der Waals surface area contributed by atoms with Crippen molar-refractivity contribution in [1.29, 1.82) is 0 Å². The Morgan fingerprint density at radius 1 is 1.56 bits per heavy atom. The SMILES string of the molecule is Cc1nn(C)c(CNC(CC(C)C)C(=O)O)c1Br. The first-order chi connectivity index (χ1) is 8.32. The zero-order valence-electron chi connectivity index (χ0n) is 11.2. The Hall–Kier alpha value is -0.880. The number of aromatic nitrogens is 2. The van der Waals surface area contributed by atoms with Crippen molar-refractivity contribution in [2.24, 2.45) is 13.0 Å². The summed E-state index contributed by atoms with van der Waals surface area (Å²) in [6.07, 6.45) is 0.615. The molecule has 1 aromatic heterocycles. The fraction of sp³-hybridized carbons (Fsp3) is 0.667. The molecule has 2 N–H and O–H groups in total. The zero-order chi connectivity index (χ0) is 13.9. The summed E-state index contributed by atoms with van der Waals surface area (Å²) in [7, 11) is 1.85. The van der Waals surface area contributed by atoms with Crippen LogP contribution in [0.5, 0.6) is 0 Å². The second-order valence-electron chi connectivity index (χ2n) is 4.87. The van der Waals surface area contributed by atoms with E-state index in [1.54, 1.807) is 4.68 Å². The van der Waals surface area contributed by atoms with Gasteiger partial charge < -0.3 is 5.11 Å². The maximum Gasteiger partial charge on any atom is 0.320 e. The molecule has 0 saturated carbocycles. The van der Waals surface area contributed by atoms with Crippen LogP contribution >= 0.6 is 15.9 Å². The topological polar surface area (TPSA) is 67.2 Å². The number of carbonyl (C=O) groups is 1. The standard InChI is InChI=1S/C12H20BrN3O2/c1-7(2)5-9(12(17)18)14-6-10-11(13)8(3)15-16(10)4/h7,9,14H,5-6H2,1-4H3,(H,17,18). The van der Waals surface area contributed by atoms with Crippen molar-refractivity contribution in [3.05, 3.63) is 15.9 Å². The highest BCUT2D eigenvalue weighted by Crippen LogP contribution is 2.20. The van der Waals surface area contributed by atoms with Gasteiger partial charge in [-0.2, -0.15) is 5.10 Å². The lowest BCUT2D eigenvalue weighted by atomic mass is 10.0. The molecule has 0 fully saturated rings. The van der Waals surface area contributed by atoms with Crippen LogP contribution in [-0.2, 0) is 18.4 Å². The third-order valence-electron chi connectivity index (χ3n) is 2.78. The average molecular weight is 318 g/mol. The van der Waals surface area contributed by atoms with Gasteiger partial charge >= 0.3 is 5.97 Å². The first-order valence-electron chi connectivity index (χ1n) is 5.97. The highest BCUT2D eigenvalue weighted by Gasteiger charge is 2.19. The number of nitrogens with one attached hydrogen (secondary N) is 1. The van der Waals surface area contributed by atoms with Crippen molar-refractivity contribution in [3.8, 4) is 0 Å². The van der Waals surface area contributed by atoms with E-state index in [4.69, 9.17) is 5.11 Å². The van der Waals surface area contributed by atoms with Gasteiger partial charge in [-0.1, -0.05) is 13.8 Å². The predicted molar refractivity (Wildman–Crippen MR) is 73.4 cm³/mol. The molecular weight excluding hydrogens is 298 g/mol. The number of aryl methyl sites for hydroxylation is 2. The summed E-state index contributed by atoms with van der Waals surface area (Å²) in [5, 5.41) is 16.5. The molecule has 0 aliphatic rings. The lowest BCUT2D eigenvalue weighted by Crippen LogP contribution is -2.37. The van der Waals surface area contributed by atoms with Gasteiger partial charge in [0, 0.05) is 13.6 Å². The van der Waals surface area contributed by atoms with Crippen molar-refractivity contribution in [3.63, 3.8) is 0 Å². The molecule has 0 bridgehead atoms. The van der Waals surface area contributed by atoms with Crippen LogP contribution in [0.4, 0.5) is 0 Å².